The van der Waals surface area contributed by atoms with E-state index in [-0.39, 0.29) is 35.9 Å². The van der Waals surface area contributed by atoms with Gasteiger partial charge in [0, 0.05) is 6.54 Å². The molecule has 2 aliphatic heterocycles. The normalized spacial score (nSPS) is 25.6. The summed E-state index contributed by atoms with van der Waals surface area (Å²) >= 11 is 4.77. The average Bonchev–Trinajstić information content (AvgIpc) is 2.25. The summed E-state index contributed by atoms with van der Waals surface area (Å²) in [5.74, 6) is 0.00708. The summed E-state index contributed by atoms with van der Waals surface area (Å²) in [5.41, 5.74) is 5.41. The molecule has 0 aliphatic carbocycles. The molecule has 2 aliphatic rings. The maximum Gasteiger partial charge on any atom is 0.246 e. The van der Waals surface area contributed by atoms with E-state index in [1.165, 1.54) is 4.90 Å². The number of hydrogen-bond donors (Lipinski definition) is 1. The minimum Gasteiger partial charge on any atom is -0.392 e. The smallest absolute Gasteiger partial charge is 0.246 e. The zero-order chi connectivity index (χ0) is 11.7. The van der Waals surface area contributed by atoms with Crippen LogP contribution in [0.4, 0.5) is 0 Å². The van der Waals surface area contributed by atoms with Crippen molar-refractivity contribution in [1.82, 2.24) is 9.80 Å². The molecule has 2 N–H and O–H groups in total. The molecule has 0 aromatic heterocycles. The van der Waals surface area contributed by atoms with E-state index in [4.69, 9.17) is 18.0 Å². The van der Waals surface area contributed by atoms with Gasteiger partial charge in [0.25, 0.3) is 0 Å². The van der Waals surface area contributed by atoms with Crippen molar-refractivity contribution in [3.63, 3.8) is 0 Å². The Bertz CT molecular complexity index is 345. The third-order valence-electron chi connectivity index (χ3n) is 3.09. The second-order valence-electron chi connectivity index (χ2n) is 4.26. The Morgan fingerprint density at radius 2 is 2.19 bits per heavy atom. The lowest BCUT2D eigenvalue weighted by atomic mass is 9.98. The second-order valence-corrected chi connectivity index (χ2v) is 4.78. The van der Waals surface area contributed by atoms with Gasteiger partial charge in [0.1, 0.15) is 12.6 Å². The standard InChI is InChI=1S/C10H15N3O2S/c11-8(16)5-12-6-9(14)13-4-2-1-3-7(13)10(12)15/h7H,1-6H2,(H2,11,16). The predicted molar refractivity (Wildman–Crippen MR) is 62.7 cm³/mol. The Kier molecular flexibility index (Phi) is 3.09. The number of nitrogens with zero attached hydrogens (tertiary/aromatic N) is 2. The van der Waals surface area contributed by atoms with Crippen LogP contribution < -0.4 is 5.73 Å². The Labute approximate surface area is 99.6 Å². The fourth-order valence-corrected chi connectivity index (χ4v) is 2.51. The van der Waals surface area contributed by atoms with E-state index >= 15 is 0 Å². The molecule has 0 spiro atoms. The molecule has 0 aromatic carbocycles. The minimum atomic E-state index is -0.274. The van der Waals surface area contributed by atoms with Crippen LogP contribution in [0.15, 0.2) is 0 Å². The van der Waals surface area contributed by atoms with Crippen molar-refractivity contribution in [2.24, 2.45) is 5.73 Å². The highest BCUT2D eigenvalue weighted by Crippen LogP contribution is 2.22. The summed E-state index contributed by atoms with van der Waals surface area (Å²) in [6.45, 7) is 1.03. The molecule has 88 valence electrons. The molecule has 2 fully saturated rings. The predicted octanol–water partition coefficient (Wildman–Crippen LogP) is -0.504. The Morgan fingerprint density at radius 3 is 2.88 bits per heavy atom. The van der Waals surface area contributed by atoms with Crippen LogP contribution >= 0.6 is 12.2 Å². The zero-order valence-corrected chi connectivity index (χ0v) is 9.83. The Morgan fingerprint density at radius 1 is 1.44 bits per heavy atom. The van der Waals surface area contributed by atoms with E-state index < -0.39 is 0 Å². The Hall–Kier alpha value is -1.17. The Balaban J connectivity index is 2.13. The van der Waals surface area contributed by atoms with Crippen LogP contribution in [-0.2, 0) is 9.59 Å². The van der Waals surface area contributed by atoms with Crippen molar-refractivity contribution in [2.75, 3.05) is 19.6 Å². The molecule has 0 bridgehead atoms. The lowest BCUT2D eigenvalue weighted by Crippen LogP contribution is -2.62. The number of carbonyl (C=O) groups is 2. The van der Waals surface area contributed by atoms with Crippen LogP contribution in [0.3, 0.4) is 0 Å². The van der Waals surface area contributed by atoms with E-state index in [9.17, 15) is 9.59 Å². The molecular formula is C10H15N3O2S. The van der Waals surface area contributed by atoms with Crippen molar-refractivity contribution < 1.29 is 9.59 Å². The molecule has 0 saturated carbocycles. The minimum absolute atomic E-state index is 0.00731. The molecule has 2 amide bonds. The van der Waals surface area contributed by atoms with Crippen molar-refractivity contribution in [2.45, 2.75) is 25.3 Å². The lowest BCUT2D eigenvalue weighted by molar-refractivity contribution is -0.156. The maximum atomic E-state index is 12.1. The number of rotatable bonds is 2. The molecule has 0 radical (unpaired) electrons. The lowest BCUT2D eigenvalue weighted by Gasteiger charge is -2.42. The summed E-state index contributed by atoms with van der Waals surface area (Å²) in [6.07, 6.45) is 2.75. The SMILES string of the molecule is NC(=S)CN1CC(=O)N2CCCCC2C1=O. The first-order valence-electron chi connectivity index (χ1n) is 5.46. The van der Waals surface area contributed by atoms with Gasteiger partial charge < -0.3 is 15.5 Å². The quantitative estimate of drug-likeness (QED) is 0.662. The summed E-state index contributed by atoms with van der Waals surface area (Å²) in [5, 5.41) is 0. The number of piperidine rings is 1. The number of carbonyl (C=O) groups excluding carboxylic acids is 2. The van der Waals surface area contributed by atoms with Crippen molar-refractivity contribution in [1.29, 1.82) is 0 Å². The van der Waals surface area contributed by atoms with Gasteiger partial charge in [-0.05, 0) is 19.3 Å². The van der Waals surface area contributed by atoms with E-state index in [2.05, 4.69) is 0 Å². The average molecular weight is 241 g/mol. The summed E-state index contributed by atoms with van der Waals surface area (Å²) < 4.78 is 0. The fraction of sp³-hybridized carbons (Fsp3) is 0.700. The molecule has 16 heavy (non-hydrogen) atoms. The van der Waals surface area contributed by atoms with Gasteiger partial charge in [0.2, 0.25) is 11.8 Å². The second kappa shape index (κ2) is 4.37. The first-order chi connectivity index (χ1) is 7.59. The maximum absolute atomic E-state index is 12.1. The first-order valence-corrected chi connectivity index (χ1v) is 5.87. The molecule has 2 rings (SSSR count). The third-order valence-corrected chi connectivity index (χ3v) is 3.22. The van der Waals surface area contributed by atoms with E-state index in [1.54, 1.807) is 4.90 Å². The summed E-state index contributed by atoms with van der Waals surface area (Å²) in [7, 11) is 0. The van der Waals surface area contributed by atoms with Gasteiger partial charge in [-0.15, -0.1) is 0 Å². The first kappa shape index (κ1) is 11.3. The molecule has 2 heterocycles. The van der Waals surface area contributed by atoms with Gasteiger partial charge in [-0.1, -0.05) is 12.2 Å². The van der Waals surface area contributed by atoms with E-state index in [1.807, 2.05) is 0 Å². The number of piperazine rings is 1. The van der Waals surface area contributed by atoms with Crippen molar-refractivity contribution in [3.05, 3.63) is 0 Å². The van der Waals surface area contributed by atoms with E-state index in [0.717, 1.165) is 19.3 Å². The number of amides is 2. The summed E-state index contributed by atoms with van der Waals surface area (Å²) in [4.78, 5) is 27.3. The van der Waals surface area contributed by atoms with Gasteiger partial charge >= 0.3 is 0 Å². The van der Waals surface area contributed by atoms with Gasteiger partial charge in [-0.2, -0.15) is 0 Å². The van der Waals surface area contributed by atoms with Crippen LogP contribution in [-0.4, -0.2) is 52.3 Å². The van der Waals surface area contributed by atoms with Gasteiger partial charge in [-0.25, -0.2) is 0 Å². The monoisotopic (exact) mass is 241 g/mol. The number of thiocarbonyl (C=S) groups is 1. The number of fused-ring (bicyclic) bond motifs is 1. The largest absolute Gasteiger partial charge is 0.392 e. The number of hydrogen-bond acceptors (Lipinski definition) is 3. The molecular weight excluding hydrogens is 226 g/mol. The highest BCUT2D eigenvalue weighted by Gasteiger charge is 2.40. The molecule has 5 nitrogen and oxygen atoms in total. The van der Waals surface area contributed by atoms with Crippen LogP contribution in [0.25, 0.3) is 0 Å². The van der Waals surface area contributed by atoms with Crippen LogP contribution in [0.5, 0.6) is 0 Å². The third kappa shape index (κ3) is 2.02. The summed E-state index contributed by atoms with van der Waals surface area (Å²) in [6, 6.07) is -0.274. The van der Waals surface area contributed by atoms with Crippen LogP contribution in [0.1, 0.15) is 19.3 Å². The molecule has 1 atom stereocenters. The molecule has 6 heteroatoms. The topological polar surface area (TPSA) is 66.6 Å². The molecule has 2 saturated heterocycles. The van der Waals surface area contributed by atoms with Gasteiger partial charge in [0.05, 0.1) is 11.5 Å². The molecule has 0 aromatic rings. The van der Waals surface area contributed by atoms with Crippen molar-refractivity contribution >= 4 is 29.0 Å². The van der Waals surface area contributed by atoms with Gasteiger partial charge in [-0.3, -0.25) is 9.59 Å². The fourth-order valence-electron chi connectivity index (χ4n) is 2.35. The van der Waals surface area contributed by atoms with Gasteiger partial charge in [0.15, 0.2) is 0 Å². The van der Waals surface area contributed by atoms with Crippen molar-refractivity contribution in [3.8, 4) is 0 Å². The number of nitrogens with two attached hydrogens (primary N) is 1. The van der Waals surface area contributed by atoms with Crippen LogP contribution in [0, 0.1) is 0 Å². The zero-order valence-electron chi connectivity index (χ0n) is 9.02. The van der Waals surface area contributed by atoms with Crippen LogP contribution in [0.2, 0.25) is 0 Å². The molecule has 1 unspecified atom stereocenters. The van der Waals surface area contributed by atoms with E-state index in [0.29, 0.717) is 6.54 Å². The highest BCUT2D eigenvalue weighted by molar-refractivity contribution is 7.80. The highest BCUT2D eigenvalue weighted by atomic mass is 32.1.